The number of nitrogens with zero attached hydrogens (tertiary/aromatic N) is 1. The number of aromatic amines is 1. The van der Waals surface area contributed by atoms with Gasteiger partial charge in [-0.1, -0.05) is 0 Å². The van der Waals surface area contributed by atoms with Crippen LogP contribution in [0.4, 0.5) is 5.82 Å². The van der Waals surface area contributed by atoms with Crippen molar-refractivity contribution in [3.8, 4) is 5.75 Å². The SMILES string of the molecule is Nc1[nH]c(=O)ncc1O[C@@H]1O[C@H](CO)[C@@H](O)[C@@H]1O. The summed E-state index contributed by atoms with van der Waals surface area (Å²) in [5.74, 6) is -0.0721. The van der Waals surface area contributed by atoms with E-state index < -0.39 is 36.9 Å². The van der Waals surface area contributed by atoms with Crippen molar-refractivity contribution in [1.82, 2.24) is 9.97 Å². The van der Waals surface area contributed by atoms with E-state index in [1.54, 1.807) is 0 Å². The third-order valence-corrected chi connectivity index (χ3v) is 2.55. The Hall–Kier alpha value is -1.68. The van der Waals surface area contributed by atoms with E-state index >= 15 is 0 Å². The van der Waals surface area contributed by atoms with Crippen molar-refractivity contribution in [1.29, 1.82) is 0 Å². The second-order valence-electron chi connectivity index (χ2n) is 3.79. The first-order chi connectivity index (χ1) is 8.52. The molecule has 1 fully saturated rings. The third kappa shape index (κ3) is 2.29. The van der Waals surface area contributed by atoms with Gasteiger partial charge in [0.25, 0.3) is 0 Å². The van der Waals surface area contributed by atoms with Gasteiger partial charge >= 0.3 is 5.69 Å². The summed E-state index contributed by atoms with van der Waals surface area (Å²) in [5.41, 5.74) is 4.84. The highest BCUT2D eigenvalue weighted by Crippen LogP contribution is 2.25. The van der Waals surface area contributed by atoms with Crippen LogP contribution in [0.3, 0.4) is 0 Å². The van der Waals surface area contributed by atoms with E-state index in [1.165, 1.54) is 0 Å². The monoisotopic (exact) mass is 259 g/mol. The Bertz CT molecular complexity index is 478. The highest BCUT2D eigenvalue weighted by Gasteiger charge is 2.44. The first-order valence-electron chi connectivity index (χ1n) is 5.17. The van der Waals surface area contributed by atoms with E-state index in [-0.39, 0.29) is 11.6 Å². The molecule has 4 atom stereocenters. The Morgan fingerprint density at radius 1 is 1.50 bits per heavy atom. The number of hydrogen-bond donors (Lipinski definition) is 5. The predicted molar refractivity (Wildman–Crippen MR) is 57.7 cm³/mol. The third-order valence-electron chi connectivity index (χ3n) is 2.55. The van der Waals surface area contributed by atoms with Crippen molar-refractivity contribution in [2.24, 2.45) is 0 Å². The van der Waals surface area contributed by atoms with Gasteiger partial charge in [0.15, 0.2) is 5.75 Å². The highest BCUT2D eigenvalue weighted by atomic mass is 16.7. The Morgan fingerprint density at radius 2 is 2.22 bits per heavy atom. The molecule has 6 N–H and O–H groups in total. The molecule has 100 valence electrons. The smallest absolute Gasteiger partial charge is 0.346 e. The molecule has 0 amide bonds. The standard InChI is InChI=1S/C9H13N3O6/c10-7-3(1-11-9(16)12-7)17-8-6(15)5(14)4(2-13)18-8/h1,4-6,8,13-15H,2H2,(H3,10,11,12,16)/t4-,5-,6+,8-/m1/s1. The molecule has 1 aromatic heterocycles. The average molecular weight is 259 g/mol. The molecule has 9 nitrogen and oxygen atoms in total. The Labute approximate surface area is 101 Å². The molecule has 1 aromatic rings. The van der Waals surface area contributed by atoms with Crippen molar-refractivity contribution in [3.63, 3.8) is 0 Å². The summed E-state index contributed by atoms with van der Waals surface area (Å²) in [4.78, 5) is 16.4. The quantitative estimate of drug-likeness (QED) is 0.389. The summed E-state index contributed by atoms with van der Waals surface area (Å²) in [6, 6.07) is 0. The number of rotatable bonds is 3. The van der Waals surface area contributed by atoms with Crippen LogP contribution in [0.2, 0.25) is 0 Å². The summed E-state index contributed by atoms with van der Waals surface area (Å²) in [6.07, 6.45) is -3.68. The average Bonchev–Trinajstić information content (AvgIpc) is 2.60. The second kappa shape index (κ2) is 4.90. The zero-order valence-corrected chi connectivity index (χ0v) is 9.18. The first kappa shape index (κ1) is 12.8. The molecule has 1 aliphatic rings. The maximum Gasteiger partial charge on any atom is 0.346 e. The molecule has 0 aliphatic carbocycles. The maximum atomic E-state index is 10.8. The van der Waals surface area contributed by atoms with E-state index in [0.29, 0.717) is 0 Å². The number of hydrogen-bond acceptors (Lipinski definition) is 8. The van der Waals surface area contributed by atoms with Crippen LogP contribution < -0.4 is 16.2 Å². The second-order valence-corrected chi connectivity index (χ2v) is 3.79. The molecule has 0 radical (unpaired) electrons. The number of nitrogens with one attached hydrogen (secondary N) is 1. The van der Waals surface area contributed by atoms with E-state index in [0.717, 1.165) is 6.20 Å². The maximum absolute atomic E-state index is 10.8. The summed E-state index contributed by atoms with van der Waals surface area (Å²) >= 11 is 0. The molecule has 0 saturated carbocycles. The molecule has 2 rings (SSSR count). The van der Waals surface area contributed by atoms with Gasteiger partial charge in [-0.3, -0.25) is 4.98 Å². The molecular formula is C9H13N3O6. The van der Waals surface area contributed by atoms with Crippen LogP contribution >= 0.6 is 0 Å². The Kier molecular flexibility index (Phi) is 3.48. The van der Waals surface area contributed by atoms with Gasteiger partial charge in [-0.25, -0.2) is 4.79 Å². The molecule has 0 spiro atoms. The number of H-pyrrole nitrogens is 1. The lowest BCUT2D eigenvalue weighted by atomic mass is 10.1. The van der Waals surface area contributed by atoms with Gasteiger partial charge in [0, 0.05) is 0 Å². The lowest BCUT2D eigenvalue weighted by Gasteiger charge is -2.17. The van der Waals surface area contributed by atoms with Gasteiger partial charge in [-0.2, -0.15) is 4.98 Å². The normalized spacial score (nSPS) is 31.5. The van der Waals surface area contributed by atoms with E-state index in [9.17, 15) is 15.0 Å². The fourth-order valence-electron chi connectivity index (χ4n) is 1.58. The van der Waals surface area contributed by atoms with Crippen LogP contribution in [-0.2, 0) is 4.74 Å². The van der Waals surface area contributed by atoms with E-state index in [4.69, 9.17) is 20.3 Å². The van der Waals surface area contributed by atoms with Crippen molar-refractivity contribution in [2.45, 2.75) is 24.6 Å². The lowest BCUT2D eigenvalue weighted by Crippen LogP contribution is -2.35. The van der Waals surface area contributed by atoms with Crippen molar-refractivity contribution in [2.75, 3.05) is 12.3 Å². The van der Waals surface area contributed by atoms with Crippen LogP contribution in [-0.4, -0.2) is 56.5 Å². The van der Waals surface area contributed by atoms with E-state index in [1.807, 2.05) is 0 Å². The summed E-state index contributed by atoms with van der Waals surface area (Å²) in [7, 11) is 0. The number of aromatic nitrogens is 2. The van der Waals surface area contributed by atoms with Crippen molar-refractivity contribution in [3.05, 3.63) is 16.7 Å². The number of aliphatic hydroxyl groups excluding tert-OH is 3. The zero-order valence-electron chi connectivity index (χ0n) is 9.18. The highest BCUT2D eigenvalue weighted by molar-refractivity contribution is 5.42. The predicted octanol–water partition coefficient (Wildman–Crippen LogP) is -2.83. The molecule has 0 aromatic carbocycles. The minimum absolute atomic E-state index is 0.00411. The molecule has 18 heavy (non-hydrogen) atoms. The number of anilines is 1. The summed E-state index contributed by atoms with van der Waals surface area (Å²) in [5, 5.41) is 28.0. The molecular weight excluding hydrogens is 246 g/mol. The number of nitrogen functional groups attached to an aromatic ring is 1. The zero-order chi connectivity index (χ0) is 13.3. The number of nitrogens with two attached hydrogens (primary N) is 1. The molecule has 1 aliphatic heterocycles. The largest absolute Gasteiger partial charge is 0.457 e. The van der Waals surface area contributed by atoms with Gasteiger partial charge < -0.3 is 30.5 Å². The molecule has 2 heterocycles. The first-order valence-corrected chi connectivity index (χ1v) is 5.17. The van der Waals surface area contributed by atoms with Gasteiger partial charge in [0.05, 0.1) is 12.8 Å². The molecule has 0 unspecified atom stereocenters. The topological polar surface area (TPSA) is 151 Å². The minimum Gasteiger partial charge on any atom is -0.457 e. The van der Waals surface area contributed by atoms with Crippen molar-refractivity contribution >= 4 is 5.82 Å². The number of aliphatic hydroxyl groups is 3. The Balaban J connectivity index is 2.12. The van der Waals surface area contributed by atoms with Crippen LogP contribution in [0.15, 0.2) is 11.0 Å². The lowest BCUT2D eigenvalue weighted by molar-refractivity contribution is -0.116. The van der Waals surface area contributed by atoms with Gasteiger partial charge in [-0.05, 0) is 0 Å². The van der Waals surface area contributed by atoms with Gasteiger partial charge in [-0.15, -0.1) is 0 Å². The van der Waals surface area contributed by atoms with Gasteiger partial charge in [0.1, 0.15) is 24.1 Å². The van der Waals surface area contributed by atoms with Gasteiger partial charge in [0.2, 0.25) is 6.29 Å². The van der Waals surface area contributed by atoms with E-state index in [2.05, 4.69) is 9.97 Å². The molecule has 9 heteroatoms. The fourth-order valence-corrected chi connectivity index (χ4v) is 1.58. The van der Waals surface area contributed by atoms with Crippen LogP contribution in [0, 0.1) is 0 Å². The van der Waals surface area contributed by atoms with Crippen LogP contribution in [0.1, 0.15) is 0 Å². The van der Waals surface area contributed by atoms with Crippen LogP contribution in [0.25, 0.3) is 0 Å². The molecule has 1 saturated heterocycles. The number of ether oxygens (including phenoxy) is 2. The van der Waals surface area contributed by atoms with Crippen molar-refractivity contribution < 1.29 is 24.8 Å². The fraction of sp³-hybridized carbons (Fsp3) is 0.556. The minimum atomic E-state index is -1.34. The summed E-state index contributed by atoms with van der Waals surface area (Å²) in [6.45, 7) is -0.461. The Morgan fingerprint density at radius 3 is 2.78 bits per heavy atom. The molecule has 0 bridgehead atoms. The summed E-state index contributed by atoms with van der Waals surface area (Å²) < 4.78 is 10.3. The van der Waals surface area contributed by atoms with Crippen LogP contribution in [0.5, 0.6) is 5.75 Å².